The van der Waals surface area contributed by atoms with Gasteiger partial charge in [0.25, 0.3) is 22.7 Å². The number of benzene rings is 2. The highest BCUT2D eigenvalue weighted by molar-refractivity contribution is 8.05. The van der Waals surface area contributed by atoms with Gasteiger partial charge in [0.2, 0.25) is 5.91 Å². The normalized spacial score (nSPS) is 11.0. The molecule has 2 rings (SSSR count). The summed E-state index contributed by atoms with van der Waals surface area (Å²) in [4.78, 5) is 52.7. The largest absolute Gasteiger partial charge is 0.494 e. The van der Waals surface area contributed by atoms with Crippen LogP contribution in [0.25, 0.3) is 0 Å². The molecule has 0 aliphatic carbocycles. The highest BCUT2D eigenvalue weighted by Gasteiger charge is 2.18. The molecule has 0 aromatic heterocycles. The third-order valence-corrected chi connectivity index (χ3v) is 7.64. The van der Waals surface area contributed by atoms with E-state index < -0.39 is 48.3 Å². The first-order valence-corrected chi connectivity index (χ1v) is 13.9. The minimum absolute atomic E-state index is 0.00982. The van der Waals surface area contributed by atoms with E-state index >= 15 is 0 Å². The van der Waals surface area contributed by atoms with E-state index in [4.69, 9.17) is 0 Å². The van der Waals surface area contributed by atoms with Gasteiger partial charge in [0.1, 0.15) is 0 Å². The Morgan fingerprint density at radius 1 is 0.692 bits per heavy atom. The molecule has 3 N–H and O–H groups in total. The molecule has 0 saturated heterocycles. The predicted molar refractivity (Wildman–Crippen MR) is 150 cm³/mol. The third kappa shape index (κ3) is 11.0. The predicted octanol–water partition coefficient (Wildman–Crippen LogP) is 4.93. The van der Waals surface area contributed by atoms with Crippen molar-refractivity contribution < 1.29 is 29.6 Å². The van der Waals surface area contributed by atoms with Crippen LogP contribution in [-0.2, 0) is 4.79 Å². The number of hydrogen-bond donors (Lipinski definition) is 3. The summed E-state index contributed by atoms with van der Waals surface area (Å²) in [5.41, 5.74) is -2.05. The number of aliphatic hydroxyl groups is 1. The lowest BCUT2D eigenvalue weighted by atomic mass is 10.2. The highest BCUT2D eigenvalue weighted by Crippen LogP contribution is 2.27. The van der Waals surface area contributed by atoms with E-state index in [1.165, 1.54) is 28.9 Å². The highest BCUT2D eigenvalue weighted by atomic mass is 32.2. The molecule has 0 spiro atoms. The number of nitro benzene ring substituents is 4. The van der Waals surface area contributed by atoms with Crippen LogP contribution in [-0.4, -0.2) is 59.5 Å². The molecule has 0 unspecified atom stereocenters. The van der Waals surface area contributed by atoms with Gasteiger partial charge in [-0.2, -0.15) is 23.5 Å². The van der Waals surface area contributed by atoms with Gasteiger partial charge in [-0.3, -0.25) is 45.3 Å². The molecule has 0 fully saturated rings. The second-order valence-electron chi connectivity index (χ2n) is 7.22. The maximum atomic E-state index is 12.1. The number of nitrogens with one attached hydrogen (secondary N) is 2. The van der Waals surface area contributed by atoms with Crippen molar-refractivity contribution >= 4 is 75.3 Å². The van der Waals surface area contributed by atoms with E-state index in [1.807, 2.05) is 0 Å². The van der Waals surface area contributed by atoms with E-state index in [0.717, 1.165) is 36.4 Å². The van der Waals surface area contributed by atoms with Crippen LogP contribution in [0.4, 0.5) is 34.1 Å². The lowest BCUT2D eigenvalue weighted by molar-refractivity contribution is -0.394. The van der Waals surface area contributed by atoms with Crippen molar-refractivity contribution in [1.29, 1.82) is 0 Å². The van der Waals surface area contributed by atoms with E-state index in [0.29, 0.717) is 23.0 Å². The lowest BCUT2D eigenvalue weighted by Crippen LogP contribution is -2.15. The van der Waals surface area contributed by atoms with Crippen molar-refractivity contribution in [2.45, 2.75) is 0 Å². The third-order valence-electron chi connectivity index (χ3n) is 4.35. The number of carbonyl (C=O) groups is 1. The Bertz CT molecular complexity index is 1230. The summed E-state index contributed by atoms with van der Waals surface area (Å²) in [5.74, 6) is 1.86. The fraction of sp³-hybridized carbons (Fsp3) is 0.250. The molecule has 1 amide bonds. The fourth-order valence-electron chi connectivity index (χ4n) is 2.76. The van der Waals surface area contributed by atoms with Gasteiger partial charge < -0.3 is 15.7 Å². The Labute approximate surface area is 232 Å². The number of non-ortho nitro benzene ring substituents is 4. The molecule has 2 aromatic carbocycles. The monoisotopic (exact) mass is 600 g/mol. The van der Waals surface area contributed by atoms with Gasteiger partial charge in [-0.05, 0) is 0 Å². The Balaban J connectivity index is 1.67. The van der Waals surface area contributed by atoms with Gasteiger partial charge >= 0.3 is 0 Å². The molecular formula is C20H20N6O10S3. The summed E-state index contributed by atoms with van der Waals surface area (Å²) in [7, 11) is 0. The van der Waals surface area contributed by atoms with Gasteiger partial charge in [0.15, 0.2) is 5.88 Å². The molecule has 0 heterocycles. The second kappa shape index (κ2) is 15.3. The van der Waals surface area contributed by atoms with Crippen LogP contribution >= 0.6 is 35.3 Å². The lowest BCUT2D eigenvalue weighted by Gasteiger charge is -2.06. The zero-order valence-corrected chi connectivity index (χ0v) is 22.2. The molecule has 0 atom stereocenters. The second-order valence-corrected chi connectivity index (χ2v) is 10.5. The summed E-state index contributed by atoms with van der Waals surface area (Å²) in [6.07, 6.45) is 0. The molecule has 208 valence electrons. The average molecular weight is 601 g/mol. The number of anilines is 2. The number of nitro groups is 4. The van der Waals surface area contributed by atoms with Crippen LogP contribution in [0.1, 0.15) is 0 Å². The molecule has 0 aliphatic rings. The minimum atomic E-state index is -0.786. The first-order chi connectivity index (χ1) is 18.5. The Morgan fingerprint density at radius 3 is 1.56 bits per heavy atom. The van der Waals surface area contributed by atoms with Crippen LogP contribution in [0.2, 0.25) is 0 Å². The Hall–Kier alpha value is -4.10. The van der Waals surface area contributed by atoms with Crippen molar-refractivity contribution in [3.8, 4) is 0 Å². The SMILES string of the molecule is O=C(CSCCSCCS/C=C(\O)Nc1cc([N+](=O)[O-])cc([N+](=O)[O-])c1)Nc1cc([N+](=O)[O-])cc([N+](=O)[O-])c1. The Morgan fingerprint density at radius 2 is 1.10 bits per heavy atom. The number of rotatable bonds is 16. The molecule has 0 radical (unpaired) electrons. The number of aliphatic hydroxyl groups excluding tert-OH is 1. The zero-order chi connectivity index (χ0) is 28.9. The Kier molecular flexibility index (Phi) is 12.2. The van der Waals surface area contributed by atoms with Crippen molar-refractivity contribution in [2.24, 2.45) is 0 Å². The van der Waals surface area contributed by atoms with Crippen LogP contribution in [0.3, 0.4) is 0 Å². The van der Waals surface area contributed by atoms with Crippen molar-refractivity contribution in [3.63, 3.8) is 0 Å². The summed E-state index contributed by atoms with van der Waals surface area (Å²) in [5, 5.41) is 59.9. The summed E-state index contributed by atoms with van der Waals surface area (Å²) in [6.45, 7) is 0. The molecule has 0 saturated carbocycles. The molecule has 0 bridgehead atoms. The van der Waals surface area contributed by atoms with E-state index in [9.17, 15) is 50.4 Å². The maximum absolute atomic E-state index is 12.1. The summed E-state index contributed by atoms with van der Waals surface area (Å²) >= 11 is 4.14. The van der Waals surface area contributed by atoms with Crippen LogP contribution in [0.15, 0.2) is 47.7 Å². The smallest absolute Gasteiger partial charge is 0.278 e. The fourth-order valence-corrected chi connectivity index (χ4v) is 5.50. The first kappa shape index (κ1) is 31.1. The minimum Gasteiger partial charge on any atom is -0.494 e. The number of amides is 1. The van der Waals surface area contributed by atoms with Gasteiger partial charge in [0.05, 0.1) is 49.0 Å². The molecule has 19 heteroatoms. The average Bonchev–Trinajstić information content (AvgIpc) is 2.87. The molecule has 0 aliphatic heterocycles. The number of nitrogens with zero attached hydrogens (tertiary/aromatic N) is 4. The number of thioether (sulfide) groups is 3. The van der Waals surface area contributed by atoms with Gasteiger partial charge in [0, 0.05) is 52.7 Å². The van der Waals surface area contributed by atoms with Gasteiger partial charge in [-0.15, -0.1) is 11.8 Å². The summed E-state index contributed by atoms with van der Waals surface area (Å²) < 4.78 is 0. The van der Waals surface area contributed by atoms with Crippen molar-refractivity contribution in [2.75, 3.05) is 39.4 Å². The quantitative estimate of drug-likeness (QED) is 0.100. The van der Waals surface area contributed by atoms with Crippen LogP contribution in [0.5, 0.6) is 0 Å². The van der Waals surface area contributed by atoms with Gasteiger partial charge in [-0.1, -0.05) is 0 Å². The van der Waals surface area contributed by atoms with Crippen LogP contribution < -0.4 is 10.6 Å². The molecule has 2 aromatic rings. The van der Waals surface area contributed by atoms with E-state index in [1.54, 1.807) is 11.8 Å². The zero-order valence-electron chi connectivity index (χ0n) is 19.7. The standard InChI is InChI=1S/C20H20N6O10S3/c27-19(21-13-5-15(23(29)30)9-16(6-13)24(31)32)11-38-3-1-37-2-4-39-12-20(28)22-14-7-17(25(33)34)10-18(8-14)26(35)36/h5-11,21,27H,1-4,12H2,(H,22,28)/b19-11-. The maximum Gasteiger partial charge on any atom is 0.278 e. The molecular weight excluding hydrogens is 580 g/mol. The topological polar surface area (TPSA) is 234 Å². The summed E-state index contributed by atoms with van der Waals surface area (Å²) in [6, 6.07) is 5.82. The molecule has 16 nitrogen and oxygen atoms in total. The first-order valence-electron chi connectivity index (χ1n) is 10.6. The number of carbonyl (C=O) groups excluding carboxylic acids is 1. The van der Waals surface area contributed by atoms with Gasteiger partial charge in [-0.25, -0.2) is 0 Å². The molecule has 39 heavy (non-hydrogen) atoms. The van der Waals surface area contributed by atoms with Crippen LogP contribution in [0, 0.1) is 40.5 Å². The van der Waals surface area contributed by atoms with Crippen molar-refractivity contribution in [1.82, 2.24) is 0 Å². The van der Waals surface area contributed by atoms with E-state index in [2.05, 4.69) is 10.6 Å². The van der Waals surface area contributed by atoms with E-state index in [-0.39, 0.29) is 23.0 Å². The van der Waals surface area contributed by atoms with Crippen molar-refractivity contribution in [3.05, 3.63) is 88.1 Å². The number of hydrogen-bond acceptors (Lipinski definition) is 14.